The highest BCUT2D eigenvalue weighted by molar-refractivity contribution is 9.10. The Bertz CT molecular complexity index is 547. The summed E-state index contributed by atoms with van der Waals surface area (Å²) in [5.74, 6) is 0. The molecule has 0 aliphatic carbocycles. The maximum Gasteiger partial charge on any atom is 0.242 e. The number of nitrogens with zero attached hydrogens (tertiary/aromatic N) is 1. The normalized spacial score (nSPS) is 18.3. The van der Waals surface area contributed by atoms with E-state index < -0.39 is 10.0 Å². The van der Waals surface area contributed by atoms with E-state index in [1.165, 1.54) is 6.20 Å². The molecule has 0 radical (unpaired) electrons. The first-order valence-corrected chi connectivity index (χ1v) is 8.50. The molecule has 1 aliphatic heterocycles. The number of nitrogens with one attached hydrogen (secondary N) is 2. The molecule has 1 aromatic heterocycles. The Kier molecular flexibility index (Phi) is 6.40. The number of pyridine rings is 1. The maximum atomic E-state index is 12.2. The third-order valence-corrected chi connectivity index (χ3v) is 5.29. The van der Waals surface area contributed by atoms with E-state index in [-0.39, 0.29) is 22.7 Å². The summed E-state index contributed by atoms with van der Waals surface area (Å²) in [6.45, 7) is 4.46. The molecule has 1 aromatic rings. The van der Waals surface area contributed by atoms with Gasteiger partial charge in [0.1, 0.15) is 4.90 Å². The fourth-order valence-electron chi connectivity index (χ4n) is 2.10. The molecule has 1 saturated heterocycles. The lowest BCUT2D eigenvalue weighted by Crippen LogP contribution is -2.42. The first-order valence-electron chi connectivity index (χ1n) is 6.22. The zero-order valence-electron chi connectivity index (χ0n) is 11.2. The van der Waals surface area contributed by atoms with Crippen LogP contribution in [0.5, 0.6) is 0 Å². The van der Waals surface area contributed by atoms with Crippen molar-refractivity contribution >= 4 is 38.4 Å². The summed E-state index contributed by atoms with van der Waals surface area (Å²) in [7, 11) is -3.48. The number of piperidine rings is 1. The third-order valence-electron chi connectivity index (χ3n) is 3.49. The molecule has 0 saturated carbocycles. The molecule has 0 aromatic carbocycles. The molecule has 2 heterocycles. The molecule has 5 nitrogen and oxygen atoms in total. The van der Waals surface area contributed by atoms with Crippen molar-refractivity contribution in [3.63, 3.8) is 0 Å². The van der Waals surface area contributed by atoms with Crippen molar-refractivity contribution in [1.82, 2.24) is 15.0 Å². The van der Waals surface area contributed by atoms with E-state index in [2.05, 4.69) is 37.9 Å². The minimum Gasteiger partial charge on any atom is -0.317 e. The first-order chi connectivity index (χ1) is 8.91. The number of rotatable bonds is 4. The topological polar surface area (TPSA) is 71.1 Å². The van der Waals surface area contributed by atoms with Crippen LogP contribution >= 0.6 is 28.3 Å². The van der Waals surface area contributed by atoms with Crippen LogP contribution in [0.25, 0.3) is 0 Å². The monoisotopic (exact) mass is 383 g/mol. The Morgan fingerprint density at radius 3 is 2.65 bits per heavy atom. The molecule has 2 rings (SSSR count). The van der Waals surface area contributed by atoms with E-state index in [0.29, 0.717) is 11.0 Å². The van der Waals surface area contributed by atoms with Crippen molar-refractivity contribution in [2.75, 3.05) is 19.6 Å². The molecular weight excluding hydrogens is 366 g/mol. The van der Waals surface area contributed by atoms with Crippen molar-refractivity contribution in [1.29, 1.82) is 0 Å². The van der Waals surface area contributed by atoms with Crippen LogP contribution in [0.2, 0.25) is 0 Å². The third kappa shape index (κ3) is 4.66. The molecule has 0 spiro atoms. The van der Waals surface area contributed by atoms with Crippen molar-refractivity contribution in [2.24, 2.45) is 5.41 Å². The van der Waals surface area contributed by atoms with Gasteiger partial charge in [-0.05, 0) is 53.3 Å². The molecule has 0 unspecified atom stereocenters. The lowest BCUT2D eigenvalue weighted by atomic mass is 9.81. The highest BCUT2D eigenvalue weighted by Gasteiger charge is 2.28. The van der Waals surface area contributed by atoms with Crippen LogP contribution in [0.3, 0.4) is 0 Å². The van der Waals surface area contributed by atoms with E-state index in [9.17, 15) is 8.42 Å². The second kappa shape index (κ2) is 7.17. The van der Waals surface area contributed by atoms with Gasteiger partial charge in [-0.3, -0.25) is 4.98 Å². The van der Waals surface area contributed by atoms with E-state index in [0.717, 1.165) is 25.9 Å². The Morgan fingerprint density at radius 1 is 1.40 bits per heavy atom. The Labute approximate surface area is 134 Å². The van der Waals surface area contributed by atoms with Gasteiger partial charge in [-0.15, -0.1) is 12.4 Å². The van der Waals surface area contributed by atoms with E-state index in [4.69, 9.17) is 0 Å². The van der Waals surface area contributed by atoms with Crippen molar-refractivity contribution in [3.8, 4) is 0 Å². The molecule has 1 fully saturated rings. The number of halogens is 2. The second-order valence-electron chi connectivity index (χ2n) is 5.22. The van der Waals surface area contributed by atoms with Gasteiger partial charge in [0.25, 0.3) is 0 Å². The summed E-state index contributed by atoms with van der Waals surface area (Å²) in [6, 6.07) is 1.56. The second-order valence-corrected chi connectivity index (χ2v) is 7.91. The van der Waals surface area contributed by atoms with Gasteiger partial charge in [0, 0.05) is 23.4 Å². The minimum absolute atomic E-state index is 0. The predicted molar refractivity (Wildman–Crippen MR) is 84.6 cm³/mol. The van der Waals surface area contributed by atoms with Gasteiger partial charge in [-0.1, -0.05) is 6.92 Å². The Balaban J connectivity index is 0.00000200. The van der Waals surface area contributed by atoms with Gasteiger partial charge in [0.2, 0.25) is 10.0 Å². The molecule has 114 valence electrons. The summed E-state index contributed by atoms with van der Waals surface area (Å²) in [5.41, 5.74) is 0.0256. The molecule has 0 amide bonds. The number of hydrogen-bond acceptors (Lipinski definition) is 4. The summed E-state index contributed by atoms with van der Waals surface area (Å²) >= 11 is 3.23. The largest absolute Gasteiger partial charge is 0.317 e. The highest BCUT2D eigenvalue weighted by atomic mass is 79.9. The van der Waals surface area contributed by atoms with Crippen molar-refractivity contribution in [2.45, 2.75) is 24.7 Å². The van der Waals surface area contributed by atoms with Crippen LogP contribution in [0.4, 0.5) is 0 Å². The van der Waals surface area contributed by atoms with Gasteiger partial charge in [-0.2, -0.15) is 0 Å². The number of aromatic nitrogens is 1. The predicted octanol–water partition coefficient (Wildman–Crippen LogP) is 1.93. The van der Waals surface area contributed by atoms with Crippen LogP contribution in [-0.4, -0.2) is 33.0 Å². The van der Waals surface area contributed by atoms with Crippen LogP contribution in [0, 0.1) is 5.41 Å². The highest BCUT2D eigenvalue weighted by Crippen LogP contribution is 2.27. The Morgan fingerprint density at radius 2 is 2.05 bits per heavy atom. The smallest absolute Gasteiger partial charge is 0.242 e. The molecule has 0 atom stereocenters. The molecule has 20 heavy (non-hydrogen) atoms. The van der Waals surface area contributed by atoms with Gasteiger partial charge in [-0.25, -0.2) is 13.1 Å². The molecule has 2 N–H and O–H groups in total. The molecule has 0 bridgehead atoms. The molecular formula is C12H19BrClN3O2S. The average Bonchev–Trinajstić information content (AvgIpc) is 2.38. The summed E-state index contributed by atoms with van der Waals surface area (Å²) in [4.78, 5) is 4.08. The van der Waals surface area contributed by atoms with Crippen LogP contribution < -0.4 is 10.0 Å². The lowest BCUT2D eigenvalue weighted by Gasteiger charge is -2.34. The number of hydrogen-bond donors (Lipinski definition) is 2. The van der Waals surface area contributed by atoms with Gasteiger partial charge in [0.05, 0.1) is 0 Å². The maximum absolute atomic E-state index is 12.2. The fraction of sp³-hybridized carbons (Fsp3) is 0.583. The van der Waals surface area contributed by atoms with Gasteiger partial charge >= 0.3 is 0 Å². The van der Waals surface area contributed by atoms with Crippen LogP contribution in [-0.2, 0) is 10.0 Å². The first kappa shape index (κ1) is 17.8. The van der Waals surface area contributed by atoms with Crippen LogP contribution in [0.15, 0.2) is 27.8 Å². The lowest BCUT2D eigenvalue weighted by molar-refractivity contribution is 0.232. The quantitative estimate of drug-likeness (QED) is 0.832. The number of sulfonamides is 1. The standard InChI is InChI=1S/C12H18BrN3O2S.ClH/c1-12(2-4-14-5-3-12)9-16-19(17,18)11-6-10(13)7-15-8-11;/h6-8,14,16H,2-5,9H2,1H3;1H. The summed E-state index contributed by atoms with van der Waals surface area (Å²) in [5, 5.41) is 3.28. The van der Waals surface area contributed by atoms with E-state index in [1.807, 2.05) is 0 Å². The van der Waals surface area contributed by atoms with Crippen LogP contribution in [0.1, 0.15) is 19.8 Å². The fourth-order valence-corrected chi connectivity index (χ4v) is 3.80. The summed E-state index contributed by atoms with van der Waals surface area (Å²) in [6.07, 6.45) is 4.88. The minimum atomic E-state index is -3.48. The SMILES string of the molecule is CC1(CNS(=O)(=O)c2cncc(Br)c2)CCNCC1.Cl. The summed E-state index contributed by atoms with van der Waals surface area (Å²) < 4.78 is 27.7. The van der Waals surface area contributed by atoms with Gasteiger partial charge < -0.3 is 5.32 Å². The zero-order chi connectivity index (χ0) is 13.9. The van der Waals surface area contributed by atoms with Gasteiger partial charge in [0.15, 0.2) is 0 Å². The Hall–Kier alpha value is -0.210. The van der Waals surface area contributed by atoms with E-state index >= 15 is 0 Å². The zero-order valence-corrected chi connectivity index (χ0v) is 14.4. The van der Waals surface area contributed by atoms with Crippen molar-refractivity contribution in [3.05, 3.63) is 22.9 Å². The van der Waals surface area contributed by atoms with E-state index in [1.54, 1.807) is 12.3 Å². The van der Waals surface area contributed by atoms with Crippen molar-refractivity contribution < 1.29 is 8.42 Å². The molecule has 1 aliphatic rings. The molecule has 8 heteroatoms. The average molecular weight is 385 g/mol.